The minimum Gasteiger partial charge on any atom is -0.352 e. The largest absolute Gasteiger partial charge is 0.352 e. The van der Waals surface area contributed by atoms with Gasteiger partial charge in [0.05, 0.1) is 11.6 Å². The first kappa shape index (κ1) is 13.1. The Labute approximate surface area is 111 Å². The highest BCUT2D eigenvalue weighted by molar-refractivity contribution is 5.97. The van der Waals surface area contributed by atoms with Crippen LogP contribution in [0, 0.1) is 11.3 Å². The van der Waals surface area contributed by atoms with E-state index in [1.165, 1.54) is 6.07 Å². The second-order valence-electron chi connectivity index (χ2n) is 4.67. The molecular weight excluding hydrogens is 242 g/mol. The molecule has 1 aromatic carbocycles. The van der Waals surface area contributed by atoms with Crippen molar-refractivity contribution in [3.05, 3.63) is 35.4 Å². The third-order valence-electron chi connectivity index (χ3n) is 2.92. The van der Waals surface area contributed by atoms with Crippen LogP contribution in [0.2, 0.25) is 0 Å². The first-order valence-electron chi connectivity index (χ1n) is 6.21. The van der Waals surface area contributed by atoms with Gasteiger partial charge in [0, 0.05) is 11.6 Å². The Balaban J connectivity index is 1.95. The van der Waals surface area contributed by atoms with Gasteiger partial charge in [-0.1, -0.05) is 6.07 Å². The summed E-state index contributed by atoms with van der Waals surface area (Å²) in [4.78, 5) is 23.6. The van der Waals surface area contributed by atoms with Crippen LogP contribution in [0.25, 0.3) is 0 Å². The summed E-state index contributed by atoms with van der Waals surface area (Å²) in [5.74, 6) is -0.525. The average Bonchev–Trinajstić information content (AvgIpc) is 3.22. The van der Waals surface area contributed by atoms with Crippen LogP contribution in [-0.2, 0) is 4.79 Å². The second kappa shape index (κ2) is 5.53. The van der Waals surface area contributed by atoms with Gasteiger partial charge in [-0.05, 0) is 38.0 Å². The normalized spacial score (nSPS) is 15.2. The number of benzene rings is 1. The van der Waals surface area contributed by atoms with Crippen molar-refractivity contribution in [2.24, 2.45) is 0 Å². The van der Waals surface area contributed by atoms with Gasteiger partial charge < -0.3 is 10.6 Å². The van der Waals surface area contributed by atoms with Gasteiger partial charge in [-0.15, -0.1) is 0 Å². The maximum absolute atomic E-state index is 11.9. The predicted octanol–water partition coefficient (Wildman–Crippen LogP) is 0.955. The first-order valence-corrected chi connectivity index (χ1v) is 6.21. The van der Waals surface area contributed by atoms with Crippen molar-refractivity contribution in [2.75, 3.05) is 0 Å². The van der Waals surface area contributed by atoms with Gasteiger partial charge in [-0.3, -0.25) is 9.59 Å². The zero-order chi connectivity index (χ0) is 13.8. The Morgan fingerprint density at radius 2 is 2.16 bits per heavy atom. The van der Waals surface area contributed by atoms with Crippen LogP contribution in [-0.4, -0.2) is 23.9 Å². The molecule has 0 saturated heterocycles. The highest BCUT2D eigenvalue weighted by Crippen LogP contribution is 2.18. The van der Waals surface area contributed by atoms with Gasteiger partial charge in [-0.2, -0.15) is 5.26 Å². The van der Waals surface area contributed by atoms with Gasteiger partial charge in [-0.25, -0.2) is 0 Å². The van der Waals surface area contributed by atoms with Crippen LogP contribution in [0.3, 0.4) is 0 Å². The van der Waals surface area contributed by atoms with E-state index in [-0.39, 0.29) is 17.9 Å². The number of rotatable bonds is 4. The number of carbonyl (C=O) groups excluding carboxylic acids is 2. The zero-order valence-corrected chi connectivity index (χ0v) is 10.6. The molecule has 5 nitrogen and oxygen atoms in total. The fraction of sp³-hybridized carbons (Fsp3) is 0.357. The molecule has 1 aliphatic rings. The van der Waals surface area contributed by atoms with E-state index >= 15 is 0 Å². The minimum absolute atomic E-state index is 0.174. The van der Waals surface area contributed by atoms with Gasteiger partial charge >= 0.3 is 0 Å². The maximum atomic E-state index is 11.9. The second-order valence-corrected chi connectivity index (χ2v) is 4.67. The number of nitrogens with one attached hydrogen (secondary N) is 2. The van der Waals surface area contributed by atoms with E-state index in [2.05, 4.69) is 10.6 Å². The van der Waals surface area contributed by atoms with Crippen LogP contribution >= 0.6 is 0 Å². The lowest BCUT2D eigenvalue weighted by Crippen LogP contribution is -2.45. The molecule has 0 aliphatic heterocycles. The molecule has 1 unspecified atom stereocenters. The summed E-state index contributed by atoms with van der Waals surface area (Å²) in [6, 6.07) is 8.04. The number of amides is 2. The molecule has 5 heteroatoms. The van der Waals surface area contributed by atoms with Crippen molar-refractivity contribution in [3.63, 3.8) is 0 Å². The van der Waals surface area contributed by atoms with Crippen LogP contribution in [0.15, 0.2) is 24.3 Å². The molecule has 1 aromatic rings. The molecule has 0 spiro atoms. The lowest BCUT2D eigenvalue weighted by atomic mass is 10.1. The molecule has 0 heterocycles. The molecule has 2 amide bonds. The fourth-order valence-electron chi connectivity index (χ4n) is 1.63. The summed E-state index contributed by atoms with van der Waals surface area (Å²) in [6.45, 7) is 1.64. The zero-order valence-electron chi connectivity index (χ0n) is 10.6. The Kier molecular flexibility index (Phi) is 3.81. The molecule has 2 rings (SSSR count). The van der Waals surface area contributed by atoms with E-state index in [0.29, 0.717) is 11.1 Å². The summed E-state index contributed by atoms with van der Waals surface area (Å²) in [5, 5.41) is 14.2. The smallest absolute Gasteiger partial charge is 0.251 e. The molecule has 0 bridgehead atoms. The number of carbonyl (C=O) groups is 2. The van der Waals surface area contributed by atoms with Gasteiger partial charge in [0.15, 0.2) is 0 Å². The number of nitrogens with zero attached hydrogens (tertiary/aromatic N) is 1. The van der Waals surface area contributed by atoms with Crippen LogP contribution in [0.5, 0.6) is 0 Å². The van der Waals surface area contributed by atoms with Crippen molar-refractivity contribution < 1.29 is 9.59 Å². The predicted molar refractivity (Wildman–Crippen MR) is 69.2 cm³/mol. The van der Waals surface area contributed by atoms with Crippen molar-refractivity contribution in [1.82, 2.24) is 10.6 Å². The number of nitriles is 1. The molecule has 1 atom stereocenters. The van der Waals surface area contributed by atoms with Crippen molar-refractivity contribution in [1.29, 1.82) is 5.26 Å². The van der Waals surface area contributed by atoms with Crippen LogP contribution in [0.1, 0.15) is 35.7 Å². The SMILES string of the molecule is CC(NC(=O)c1cccc(C#N)c1)C(=O)NC1CC1. The Morgan fingerprint density at radius 3 is 2.79 bits per heavy atom. The first-order chi connectivity index (χ1) is 9.10. The third kappa shape index (κ3) is 3.55. The van der Waals surface area contributed by atoms with Crippen molar-refractivity contribution >= 4 is 11.8 Å². The number of hydrogen-bond donors (Lipinski definition) is 2. The van der Waals surface area contributed by atoms with E-state index in [1.54, 1.807) is 25.1 Å². The van der Waals surface area contributed by atoms with Crippen molar-refractivity contribution in [3.8, 4) is 6.07 Å². The van der Waals surface area contributed by atoms with Gasteiger partial charge in [0.25, 0.3) is 5.91 Å². The molecule has 2 N–H and O–H groups in total. The third-order valence-corrected chi connectivity index (χ3v) is 2.92. The topological polar surface area (TPSA) is 82.0 Å². The summed E-state index contributed by atoms with van der Waals surface area (Å²) in [6.07, 6.45) is 2.02. The quantitative estimate of drug-likeness (QED) is 0.842. The Morgan fingerprint density at radius 1 is 1.42 bits per heavy atom. The highest BCUT2D eigenvalue weighted by Gasteiger charge is 2.26. The summed E-state index contributed by atoms with van der Waals surface area (Å²) < 4.78 is 0. The van der Waals surface area contributed by atoms with Gasteiger partial charge in [0.2, 0.25) is 5.91 Å². The van der Waals surface area contributed by atoms with Gasteiger partial charge in [0.1, 0.15) is 6.04 Å². The lowest BCUT2D eigenvalue weighted by molar-refractivity contribution is -0.122. The molecule has 1 aliphatic carbocycles. The molecule has 1 saturated carbocycles. The molecule has 98 valence electrons. The van der Waals surface area contributed by atoms with Crippen LogP contribution < -0.4 is 10.6 Å². The highest BCUT2D eigenvalue weighted by atomic mass is 16.2. The number of hydrogen-bond acceptors (Lipinski definition) is 3. The van der Waals surface area contributed by atoms with E-state index in [9.17, 15) is 9.59 Å². The molecule has 1 fully saturated rings. The van der Waals surface area contributed by atoms with E-state index in [0.717, 1.165) is 12.8 Å². The standard InChI is InChI=1S/C14H15N3O2/c1-9(13(18)17-12-5-6-12)16-14(19)11-4-2-3-10(7-11)8-15/h2-4,7,9,12H,5-6H2,1H3,(H,16,19)(H,17,18). The Bertz CT molecular complexity index is 544. The van der Waals surface area contributed by atoms with E-state index < -0.39 is 6.04 Å². The average molecular weight is 257 g/mol. The lowest BCUT2D eigenvalue weighted by Gasteiger charge is -2.13. The molecule has 0 aromatic heterocycles. The molecular formula is C14H15N3O2. The molecule has 0 radical (unpaired) electrons. The monoisotopic (exact) mass is 257 g/mol. The van der Waals surface area contributed by atoms with E-state index in [4.69, 9.17) is 5.26 Å². The summed E-state index contributed by atoms with van der Waals surface area (Å²) in [7, 11) is 0. The van der Waals surface area contributed by atoms with E-state index in [1.807, 2.05) is 6.07 Å². The van der Waals surface area contributed by atoms with Crippen molar-refractivity contribution in [2.45, 2.75) is 31.8 Å². The summed E-state index contributed by atoms with van der Waals surface area (Å²) >= 11 is 0. The van der Waals surface area contributed by atoms with Crippen LogP contribution in [0.4, 0.5) is 0 Å². The summed E-state index contributed by atoms with van der Waals surface area (Å²) in [5.41, 5.74) is 0.799. The Hall–Kier alpha value is -2.35. The maximum Gasteiger partial charge on any atom is 0.251 e. The fourth-order valence-corrected chi connectivity index (χ4v) is 1.63. The minimum atomic E-state index is -0.584. The molecule has 19 heavy (non-hydrogen) atoms.